The highest BCUT2D eigenvalue weighted by Gasteiger charge is 2.12. The number of thiophene rings is 1. The topological polar surface area (TPSA) is 12.0 Å². The Morgan fingerprint density at radius 2 is 1.95 bits per heavy atom. The quantitative estimate of drug-likeness (QED) is 0.852. The van der Waals surface area contributed by atoms with Crippen molar-refractivity contribution in [3.63, 3.8) is 0 Å². The smallest absolute Gasteiger partial charge is 0.0308 e. The molecule has 2 aromatic rings. The lowest BCUT2D eigenvalue weighted by molar-refractivity contribution is 0.575. The molecule has 0 spiro atoms. The summed E-state index contributed by atoms with van der Waals surface area (Å²) < 4.78 is 0. The highest BCUT2D eigenvalue weighted by atomic mass is 32.1. The molecular formula is C18H23NS. The lowest BCUT2D eigenvalue weighted by Gasteiger charge is -2.20. The van der Waals surface area contributed by atoms with Gasteiger partial charge in [-0.25, -0.2) is 0 Å². The van der Waals surface area contributed by atoms with Gasteiger partial charge in [0.05, 0.1) is 0 Å². The SMILES string of the molecule is Cc1ccsc1CNC(C)c1ccc2c(c1)CCCC2. The summed E-state index contributed by atoms with van der Waals surface area (Å²) in [5.41, 5.74) is 5.98. The van der Waals surface area contributed by atoms with Crippen LogP contribution in [-0.2, 0) is 19.4 Å². The summed E-state index contributed by atoms with van der Waals surface area (Å²) in [6.45, 7) is 5.44. The average molecular weight is 285 g/mol. The number of rotatable bonds is 4. The van der Waals surface area contributed by atoms with E-state index in [2.05, 4.69) is 48.8 Å². The van der Waals surface area contributed by atoms with Gasteiger partial charge in [-0.2, -0.15) is 0 Å². The van der Waals surface area contributed by atoms with E-state index in [0.29, 0.717) is 6.04 Å². The molecule has 1 nitrogen and oxygen atoms in total. The van der Waals surface area contributed by atoms with Crippen LogP contribution in [0.1, 0.15) is 52.9 Å². The summed E-state index contributed by atoms with van der Waals surface area (Å²) in [6.07, 6.45) is 5.25. The van der Waals surface area contributed by atoms with E-state index in [1.807, 2.05) is 11.3 Å². The molecule has 1 aliphatic carbocycles. The molecule has 0 radical (unpaired) electrons. The van der Waals surface area contributed by atoms with Crippen molar-refractivity contribution >= 4 is 11.3 Å². The molecule has 3 rings (SSSR count). The van der Waals surface area contributed by atoms with Crippen LogP contribution >= 0.6 is 11.3 Å². The van der Waals surface area contributed by atoms with E-state index in [1.165, 1.54) is 41.7 Å². The fraction of sp³-hybridized carbons (Fsp3) is 0.444. The van der Waals surface area contributed by atoms with Crippen LogP contribution in [0, 0.1) is 6.92 Å². The molecule has 0 saturated heterocycles. The molecule has 1 aromatic carbocycles. The Labute approximate surface area is 126 Å². The highest BCUT2D eigenvalue weighted by molar-refractivity contribution is 7.10. The van der Waals surface area contributed by atoms with E-state index < -0.39 is 0 Å². The number of aryl methyl sites for hydroxylation is 3. The molecule has 0 bridgehead atoms. The largest absolute Gasteiger partial charge is 0.305 e. The van der Waals surface area contributed by atoms with Gasteiger partial charge in [0.15, 0.2) is 0 Å². The van der Waals surface area contributed by atoms with Crippen LogP contribution in [0.3, 0.4) is 0 Å². The van der Waals surface area contributed by atoms with Crippen molar-refractivity contribution in [2.45, 2.75) is 52.1 Å². The molecule has 1 atom stereocenters. The molecule has 0 saturated carbocycles. The Morgan fingerprint density at radius 3 is 2.70 bits per heavy atom. The van der Waals surface area contributed by atoms with Gasteiger partial charge in [0, 0.05) is 17.5 Å². The van der Waals surface area contributed by atoms with Crippen LogP contribution in [0.4, 0.5) is 0 Å². The van der Waals surface area contributed by atoms with Gasteiger partial charge in [-0.15, -0.1) is 11.3 Å². The van der Waals surface area contributed by atoms with E-state index in [0.717, 1.165) is 6.54 Å². The van der Waals surface area contributed by atoms with Gasteiger partial charge in [0.2, 0.25) is 0 Å². The van der Waals surface area contributed by atoms with Crippen molar-refractivity contribution in [3.8, 4) is 0 Å². The minimum atomic E-state index is 0.420. The number of fused-ring (bicyclic) bond motifs is 1. The summed E-state index contributed by atoms with van der Waals surface area (Å²) in [6, 6.07) is 9.70. The van der Waals surface area contributed by atoms with Crippen LogP contribution in [0.5, 0.6) is 0 Å². The number of nitrogens with one attached hydrogen (secondary N) is 1. The monoisotopic (exact) mass is 285 g/mol. The first kappa shape index (κ1) is 13.8. The Kier molecular flexibility index (Phi) is 4.23. The molecule has 1 N–H and O–H groups in total. The lowest BCUT2D eigenvalue weighted by atomic mass is 9.89. The first-order valence-electron chi connectivity index (χ1n) is 7.62. The van der Waals surface area contributed by atoms with Crippen LogP contribution in [0.2, 0.25) is 0 Å². The maximum absolute atomic E-state index is 3.66. The number of hydrogen-bond donors (Lipinski definition) is 1. The van der Waals surface area contributed by atoms with Gasteiger partial charge in [0.1, 0.15) is 0 Å². The van der Waals surface area contributed by atoms with Crippen LogP contribution in [-0.4, -0.2) is 0 Å². The van der Waals surface area contributed by atoms with Crippen LogP contribution < -0.4 is 5.32 Å². The third-order valence-corrected chi connectivity index (χ3v) is 5.43. The van der Waals surface area contributed by atoms with Crippen molar-refractivity contribution in [2.24, 2.45) is 0 Å². The van der Waals surface area contributed by atoms with E-state index >= 15 is 0 Å². The molecule has 106 valence electrons. The zero-order valence-corrected chi connectivity index (χ0v) is 13.2. The fourth-order valence-electron chi connectivity index (χ4n) is 2.97. The Balaban J connectivity index is 1.67. The van der Waals surface area contributed by atoms with Gasteiger partial charge in [-0.05, 0) is 73.2 Å². The molecule has 1 aliphatic rings. The van der Waals surface area contributed by atoms with E-state index in [9.17, 15) is 0 Å². The van der Waals surface area contributed by atoms with Crippen molar-refractivity contribution in [1.29, 1.82) is 0 Å². The minimum absolute atomic E-state index is 0.420. The minimum Gasteiger partial charge on any atom is -0.305 e. The Hall–Kier alpha value is -1.12. The molecule has 20 heavy (non-hydrogen) atoms. The van der Waals surface area contributed by atoms with Crippen LogP contribution in [0.25, 0.3) is 0 Å². The molecule has 2 heteroatoms. The third-order valence-electron chi connectivity index (χ3n) is 4.41. The Morgan fingerprint density at radius 1 is 1.15 bits per heavy atom. The second kappa shape index (κ2) is 6.11. The maximum atomic E-state index is 3.66. The highest BCUT2D eigenvalue weighted by Crippen LogP contribution is 2.25. The molecule has 1 heterocycles. The molecule has 1 aromatic heterocycles. The molecule has 0 aliphatic heterocycles. The summed E-state index contributed by atoms with van der Waals surface area (Å²) in [5.74, 6) is 0. The van der Waals surface area contributed by atoms with Crippen molar-refractivity contribution in [3.05, 3.63) is 56.8 Å². The van der Waals surface area contributed by atoms with Crippen molar-refractivity contribution in [2.75, 3.05) is 0 Å². The van der Waals surface area contributed by atoms with Gasteiger partial charge >= 0.3 is 0 Å². The first-order valence-corrected chi connectivity index (χ1v) is 8.50. The maximum Gasteiger partial charge on any atom is 0.0308 e. The fourth-order valence-corrected chi connectivity index (χ4v) is 3.83. The van der Waals surface area contributed by atoms with Gasteiger partial charge in [0.25, 0.3) is 0 Å². The predicted octanol–water partition coefficient (Wildman–Crippen LogP) is 4.79. The zero-order valence-electron chi connectivity index (χ0n) is 12.4. The number of hydrogen-bond acceptors (Lipinski definition) is 2. The predicted molar refractivity (Wildman–Crippen MR) is 87.4 cm³/mol. The Bertz CT molecular complexity index is 585. The van der Waals surface area contributed by atoms with Crippen LogP contribution in [0.15, 0.2) is 29.6 Å². The third kappa shape index (κ3) is 2.97. The van der Waals surface area contributed by atoms with E-state index in [-0.39, 0.29) is 0 Å². The number of benzene rings is 1. The van der Waals surface area contributed by atoms with Gasteiger partial charge in [-0.1, -0.05) is 18.2 Å². The van der Waals surface area contributed by atoms with Crippen molar-refractivity contribution < 1.29 is 0 Å². The summed E-state index contributed by atoms with van der Waals surface area (Å²) in [4.78, 5) is 1.45. The second-order valence-corrected chi connectivity index (χ2v) is 6.87. The summed E-state index contributed by atoms with van der Waals surface area (Å²) in [7, 11) is 0. The standard InChI is InChI=1S/C18H23NS/c1-13-9-10-20-18(13)12-19-14(2)16-8-7-15-5-3-4-6-17(15)11-16/h7-11,14,19H,3-6,12H2,1-2H3. The van der Waals surface area contributed by atoms with Gasteiger partial charge in [-0.3, -0.25) is 0 Å². The normalized spacial score (nSPS) is 15.9. The molecule has 1 unspecified atom stereocenters. The first-order chi connectivity index (χ1) is 9.74. The van der Waals surface area contributed by atoms with Gasteiger partial charge < -0.3 is 5.32 Å². The van der Waals surface area contributed by atoms with Crippen molar-refractivity contribution in [1.82, 2.24) is 5.32 Å². The summed E-state index contributed by atoms with van der Waals surface area (Å²) >= 11 is 1.85. The van der Waals surface area contributed by atoms with E-state index in [1.54, 1.807) is 11.1 Å². The summed E-state index contributed by atoms with van der Waals surface area (Å²) in [5, 5.41) is 5.84. The molecule has 0 amide bonds. The van der Waals surface area contributed by atoms with E-state index in [4.69, 9.17) is 0 Å². The second-order valence-electron chi connectivity index (χ2n) is 5.86. The molecule has 0 fully saturated rings. The lowest BCUT2D eigenvalue weighted by Crippen LogP contribution is -2.18. The zero-order chi connectivity index (χ0) is 13.9. The molecular weight excluding hydrogens is 262 g/mol. The average Bonchev–Trinajstić information content (AvgIpc) is 2.89.